The Kier molecular flexibility index (Phi) is 3.31. The Morgan fingerprint density at radius 2 is 2.54 bits per heavy atom. The molecule has 0 bridgehead atoms. The monoisotopic (exact) mass is 201 g/mol. The van der Waals surface area contributed by atoms with E-state index >= 15 is 0 Å². The molecule has 4 nitrogen and oxygen atoms in total. The lowest BCUT2D eigenvalue weighted by Gasteiger charge is -2.16. The number of aromatic nitrogens is 2. The van der Waals surface area contributed by atoms with Crippen LogP contribution >= 0.6 is 11.6 Å². The van der Waals surface area contributed by atoms with E-state index in [1.165, 1.54) is 4.90 Å². The van der Waals surface area contributed by atoms with Crippen molar-refractivity contribution in [1.82, 2.24) is 14.9 Å². The van der Waals surface area contributed by atoms with Gasteiger partial charge in [0.1, 0.15) is 11.2 Å². The van der Waals surface area contributed by atoms with Gasteiger partial charge in [0.15, 0.2) is 0 Å². The minimum absolute atomic E-state index is 0.0990. The summed E-state index contributed by atoms with van der Waals surface area (Å²) in [4.78, 5) is 19.8. The van der Waals surface area contributed by atoms with E-state index in [0.29, 0.717) is 6.54 Å². The van der Waals surface area contributed by atoms with Gasteiger partial charge < -0.3 is 9.88 Å². The SMILES string of the molecule is CC(Cl)C(=O)N(C)Cc1ncc[nH]1. The van der Waals surface area contributed by atoms with Crippen LogP contribution in [0.4, 0.5) is 0 Å². The molecule has 0 spiro atoms. The summed E-state index contributed by atoms with van der Waals surface area (Å²) in [5.74, 6) is 0.659. The first-order valence-electron chi connectivity index (χ1n) is 3.98. The third kappa shape index (κ3) is 2.73. The number of carbonyl (C=O) groups is 1. The predicted octanol–water partition coefficient (Wildman–Crippen LogP) is 0.995. The molecular formula is C8H12ClN3O. The van der Waals surface area contributed by atoms with Crippen LogP contribution in [0.15, 0.2) is 12.4 Å². The van der Waals surface area contributed by atoms with Gasteiger partial charge in [-0.25, -0.2) is 4.98 Å². The van der Waals surface area contributed by atoms with Crippen LogP contribution in [-0.4, -0.2) is 33.2 Å². The highest BCUT2D eigenvalue weighted by atomic mass is 35.5. The van der Waals surface area contributed by atoms with Crippen molar-refractivity contribution in [2.75, 3.05) is 7.05 Å². The van der Waals surface area contributed by atoms with E-state index in [1.807, 2.05) is 0 Å². The second-order valence-electron chi connectivity index (χ2n) is 2.85. The summed E-state index contributed by atoms with van der Waals surface area (Å²) in [6.45, 7) is 2.12. The fourth-order valence-electron chi connectivity index (χ4n) is 0.991. The summed E-state index contributed by atoms with van der Waals surface area (Å²) in [5, 5.41) is -0.486. The average molecular weight is 202 g/mol. The molecule has 0 aliphatic rings. The Morgan fingerprint density at radius 1 is 1.85 bits per heavy atom. The third-order valence-corrected chi connectivity index (χ3v) is 1.84. The van der Waals surface area contributed by atoms with E-state index in [1.54, 1.807) is 26.4 Å². The molecule has 72 valence electrons. The van der Waals surface area contributed by atoms with Crippen LogP contribution in [-0.2, 0) is 11.3 Å². The number of nitrogens with one attached hydrogen (secondary N) is 1. The van der Waals surface area contributed by atoms with Gasteiger partial charge in [0.05, 0.1) is 6.54 Å². The van der Waals surface area contributed by atoms with Crippen LogP contribution in [0.2, 0.25) is 0 Å². The molecule has 1 amide bonds. The zero-order valence-electron chi connectivity index (χ0n) is 7.62. The lowest BCUT2D eigenvalue weighted by Crippen LogP contribution is -2.31. The molecule has 0 aliphatic heterocycles. The molecule has 0 aromatic carbocycles. The Bertz CT molecular complexity index is 271. The van der Waals surface area contributed by atoms with Crippen molar-refractivity contribution < 1.29 is 4.79 Å². The Morgan fingerprint density at radius 3 is 3.00 bits per heavy atom. The van der Waals surface area contributed by atoms with Gasteiger partial charge in [0, 0.05) is 19.4 Å². The van der Waals surface area contributed by atoms with E-state index in [9.17, 15) is 4.79 Å². The topological polar surface area (TPSA) is 49.0 Å². The Balaban J connectivity index is 2.51. The summed E-state index contributed by atoms with van der Waals surface area (Å²) < 4.78 is 0. The number of imidazole rings is 1. The van der Waals surface area contributed by atoms with Crippen LogP contribution in [0.3, 0.4) is 0 Å². The fourth-order valence-corrected chi connectivity index (χ4v) is 1.16. The Hall–Kier alpha value is -1.03. The second-order valence-corrected chi connectivity index (χ2v) is 3.50. The fraction of sp³-hybridized carbons (Fsp3) is 0.500. The largest absolute Gasteiger partial charge is 0.347 e. The molecule has 13 heavy (non-hydrogen) atoms. The maximum Gasteiger partial charge on any atom is 0.240 e. The zero-order chi connectivity index (χ0) is 9.84. The molecule has 1 atom stereocenters. The zero-order valence-corrected chi connectivity index (χ0v) is 8.38. The first-order valence-corrected chi connectivity index (χ1v) is 4.42. The quantitative estimate of drug-likeness (QED) is 0.742. The number of H-pyrrole nitrogens is 1. The van der Waals surface area contributed by atoms with Gasteiger partial charge in [0.2, 0.25) is 5.91 Å². The number of amides is 1. The molecule has 1 aromatic heterocycles. The summed E-state index contributed by atoms with van der Waals surface area (Å²) in [7, 11) is 1.70. The number of alkyl halides is 1. The van der Waals surface area contributed by atoms with Crippen molar-refractivity contribution in [2.45, 2.75) is 18.8 Å². The number of hydrogen-bond acceptors (Lipinski definition) is 2. The highest BCUT2D eigenvalue weighted by Gasteiger charge is 2.15. The molecule has 1 heterocycles. The van der Waals surface area contributed by atoms with Crippen LogP contribution in [0, 0.1) is 0 Å². The summed E-state index contributed by atoms with van der Waals surface area (Å²) >= 11 is 5.64. The highest BCUT2D eigenvalue weighted by Crippen LogP contribution is 2.02. The average Bonchev–Trinajstić information content (AvgIpc) is 2.55. The van der Waals surface area contributed by atoms with Crippen molar-refractivity contribution in [3.8, 4) is 0 Å². The lowest BCUT2D eigenvalue weighted by molar-refractivity contribution is -0.129. The highest BCUT2D eigenvalue weighted by molar-refractivity contribution is 6.30. The molecule has 1 N–H and O–H groups in total. The van der Waals surface area contributed by atoms with Gasteiger partial charge >= 0.3 is 0 Å². The maximum absolute atomic E-state index is 11.3. The summed E-state index contributed by atoms with van der Waals surface area (Å²) in [5.41, 5.74) is 0. The second kappa shape index (κ2) is 4.28. The minimum atomic E-state index is -0.486. The number of rotatable bonds is 3. The van der Waals surface area contributed by atoms with Crippen LogP contribution < -0.4 is 0 Å². The van der Waals surface area contributed by atoms with Crippen LogP contribution in [0.1, 0.15) is 12.7 Å². The van der Waals surface area contributed by atoms with E-state index < -0.39 is 5.38 Å². The van der Waals surface area contributed by atoms with Gasteiger partial charge in [0.25, 0.3) is 0 Å². The van der Waals surface area contributed by atoms with Crippen molar-refractivity contribution >= 4 is 17.5 Å². The number of carbonyl (C=O) groups excluding carboxylic acids is 1. The van der Waals surface area contributed by atoms with Crippen molar-refractivity contribution in [3.63, 3.8) is 0 Å². The van der Waals surface area contributed by atoms with Gasteiger partial charge in [-0.2, -0.15) is 0 Å². The minimum Gasteiger partial charge on any atom is -0.347 e. The van der Waals surface area contributed by atoms with Crippen LogP contribution in [0.5, 0.6) is 0 Å². The smallest absolute Gasteiger partial charge is 0.240 e. The van der Waals surface area contributed by atoms with Gasteiger partial charge in [-0.05, 0) is 6.92 Å². The maximum atomic E-state index is 11.3. The number of halogens is 1. The van der Waals surface area contributed by atoms with Crippen molar-refractivity contribution in [1.29, 1.82) is 0 Å². The summed E-state index contributed by atoms with van der Waals surface area (Å²) in [6.07, 6.45) is 3.37. The number of aromatic amines is 1. The first-order chi connectivity index (χ1) is 6.11. The Labute approximate surface area is 81.9 Å². The normalized spacial score (nSPS) is 12.5. The van der Waals surface area contributed by atoms with E-state index in [0.717, 1.165) is 5.82 Å². The molecule has 0 radical (unpaired) electrons. The van der Waals surface area contributed by atoms with Crippen molar-refractivity contribution in [3.05, 3.63) is 18.2 Å². The number of nitrogens with zero attached hydrogens (tertiary/aromatic N) is 2. The van der Waals surface area contributed by atoms with E-state index in [4.69, 9.17) is 11.6 Å². The van der Waals surface area contributed by atoms with E-state index in [-0.39, 0.29) is 5.91 Å². The molecule has 0 fully saturated rings. The molecule has 0 aliphatic carbocycles. The molecule has 1 aromatic rings. The molecule has 0 saturated carbocycles. The van der Waals surface area contributed by atoms with E-state index in [2.05, 4.69) is 9.97 Å². The molecule has 0 saturated heterocycles. The molecule has 1 rings (SSSR count). The van der Waals surface area contributed by atoms with Crippen LogP contribution in [0.25, 0.3) is 0 Å². The van der Waals surface area contributed by atoms with Gasteiger partial charge in [-0.1, -0.05) is 0 Å². The first kappa shape index (κ1) is 10.1. The lowest BCUT2D eigenvalue weighted by atomic mass is 10.4. The predicted molar refractivity (Wildman–Crippen MR) is 50.4 cm³/mol. The standard InChI is InChI=1S/C8H12ClN3O/c1-6(9)8(13)12(2)5-7-10-3-4-11-7/h3-4,6H,5H2,1-2H3,(H,10,11). The van der Waals surface area contributed by atoms with Gasteiger partial charge in [-0.3, -0.25) is 4.79 Å². The van der Waals surface area contributed by atoms with Crippen molar-refractivity contribution in [2.24, 2.45) is 0 Å². The third-order valence-electron chi connectivity index (χ3n) is 1.66. The summed E-state index contributed by atoms with van der Waals surface area (Å²) in [6, 6.07) is 0. The molecular weight excluding hydrogens is 190 g/mol. The van der Waals surface area contributed by atoms with Gasteiger partial charge in [-0.15, -0.1) is 11.6 Å². The molecule has 1 unspecified atom stereocenters. The molecule has 5 heteroatoms. The number of hydrogen-bond donors (Lipinski definition) is 1.